The molecule has 0 unspecified atom stereocenters. The minimum atomic E-state index is -4.46. The summed E-state index contributed by atoms with van der Waals surface area (Å²) in [6, 6.07) is 8.53. The molecule has 0 aliphatic carbocycles. The lowest BCUT2D eigenvalue weighted by Crippen LogP contribution is -2.23. The third-order valence-corrected chi connectivity index (χ3v) is 3.09. The van der Waals surface area contributed by atoms with Crippen LogP contribution in [-0.2, 0) is 12.7 Å². The normalized spacial score (nSPS) is 11.2. The van der Waals surface area contributed by atoms with Crippen molar-refractivity contribution in [3.8, 4) is 6.07 Å². The minimum Gasteiger partial charge on any atom is -0.467 e. The number of benzene rings is 1. The summed E-state index contributed by atoms with van der Waals surface area (Å²) >= 11 is 0. The fraction of sp³-hybridized carbons (Fsp3) is 0.267. The third-order valence-electron chi connectivity index (χ3n) is 3.09. The second kappa shape index (κ2) is 5.92. The average molecular weight is 294 g/mol. The molecule has 0 N–H and O–H groups in total. The van der Waals surface area contributed by atoms with Crippen molar-refractivity contribution in [1.82, 2.24) is 0 Å². The zero-order valence-corrected chi connectivity index (χ0v) is 11.3. The highest BCUT2D eigenvalue weighted by Gasteiger charge is 2.31. The van der Waals surface area contributed by atoms with E-state index < -0.39 is 11.7 Å². The third kappa shape index (κ3) is 3.37. The van der Waals surface area contributed by atoms with Gasteiger partial charge < -0.3 is 9.32 Å². The van der Waals surface area contributed by atoms with E-state index in [4.69, 9.17) is 9.68 Å². The molecule has 0 spiro atoms. The van der Waals surface area contributed by atoms with Crippen LogP contribution in [0.15, 0.2) is 41.0 Å². The predicted molar refractivity (Wildman–Crippen MR) is 71.6 cm³/mol. The van der Waals surface area contributed by atoms with E-state index in [1.165, 1.54) is 12.3 Å². The van der Waals surface area contributed by atoms with E-state index in [1.807, 2.05) is 13.0 Å². The van der Waals surface area contributed by atoms with E-state index in [2.05, 4.69) is 0 Å². The molecule has 2 rings (SSSR count). The van der Waals surface area contributed by atoms with Gasteiger partial charge in [-0.15, -0.1) is 0 Å². The van der Waals surface area contributed by atoms with Gasteiger partial charge in [0.15, 0.2) is 0 Å². The van der Waals surface area contributed by atoms with Gasteiger partial charge in [0.05, 0.1) is 29.6 Å². The number of rotatable bonds is 4. The summed E-state index contributed by atoms with van der Waals surface area (Å²) < 4.78 is 43.3. The molecule has 0 saturated heterocycles. The maximum atomic E-state index is 12.7. The molecule has 1 aromatic heterocycles. The number of halogens is 3. The number of nitriles is 1. The molecule has 110 valence electrons. The smallest absolute Gasteiger partial charge is 0.416 e. The Bertz CT molecular complexity index is 642. The molecular formula is C15H13F3N2O. The van der Waals surface area contributed by atoms with Gasteiger partial charge in [-0.2, -0.15) is 18.4 Å². The first-order chi connectivity index (χ1) is 9.95. The number of hydrogen-bond donors (Lipinski definition) is 0. The summed E-state index contributed by atoms with van der Waals surface area (Å²) in [5, 5.41) is 9.11. The molecule has 0 amide bonds. The van der Waals surface area contributed by atoms with Crippen LogP contribution >= 0.6 is 0 Å². The number of nitrogens with zero attached hydrogens (tertiary/aromatic N) is 2. The molecule has 6 heteroatoms. The number of furan rings is 1. The summed E-state index contributed by atoms with van der Waals surface area (Å²) in [7, 11) is 0. The lowest BCUT2D eigenvalue weighted by atomic mass is 10.1. The number of hydrogen-bond acceptors (Lipinski definition) is 3. The Morgan fingerprint density at radius 2 is 2.05 bits per heavy atom. The fourth-order valence-corrected chi connectivity index (χ4v) is 2.04. The zero-order valence-electron chi connectivity index (χ0n) is 11.3. The molecule has 0 aliphatic rings. The maximum absolute atomic E-state index is 12.7. The summed E-state index contributed by atoms with van der Waals surface area (Å²) in [6.07, 6.45) is -2.93. The molecule has 0 saturated carbocycles. The van der Waals surface area contributed by atoms with Crippen LogP contribution < -0.4 is 4.90 Å². The van der Waals surface area contributed by atoms with Crippen molar-refractivity contribution in [2.45, 2.75) is 19.6 Å². The Hall–Kier alpha value is -2.42. The summed E-state index contributed by atoms with van der Waals surface area (Å²) in [5.41, 5.74) is -0.362. The first-order valence-electron chi connectivity index (χ1n) is 6.34. The van der Waals surface area contributed by atoms with Crippen molar-refractivity contribution >= 4 is 5.69 Å². The number of anilines is 1. The van der Waals surface area contributed by atoms with Crippen molar-refractivity contribution < 1.29 is 17.6 Å². The lowest BCUT2D eigenvalue weighted by Gasteiger charge is -2.23. The average Bonchev–Trinajstić information content (AvgIpc) is 2.96. The van der Waals surface area contributed by atoms with Gasteiger partial charge in [0.25, 0.3) is 0 Å². The second-order valence-electron chi connectivity index (χ2n) is 4.44. The van der Waals surface area contributed by atoms with E-state index in [1.54, 1.807) is 17.0 Å². The van der Waals surface area contributed by atoms with Gasteiger partial charge in [0.2, 0.25) is 0 Å². The highest BCUT2D eigenvalue weighted by atomic mass is 19.4. The van der Waals surface area contributed by atoms with Crippen molar-refractivity contribution in [3.05, 3.63) is 53.5 Å². The molecule has 0 fully saturated rings. The van der Waals surface area contributed by atoms with Crippen LogP contribution in [0.4, 0.5) is 18.9 Å². The Kier molecular flexibility index (Phi) is 4.22. The van der Waals surface area contributed by atoms with Crippen LogP contribution in [0.3, 0.4) is 0 Å². The van der Waals surface area contributed by atoms with Gasteiger partial charge in [0, 0.05) is 6.54 Å². The molecule has 0 atom stereocenters. The summed E-state index contributed by atoms with van der Waals surface area (Å²) in [6.45, 7) is 2.80. The summed E-state index contributed by atoms with van der Waals surface area (Å²) in [5.74, 6) is 0.681. The van der Waals surface area contributed by atoms with Gasteiger partial charge in [-0.3, -0.25) is 0 Å². The lowest BCUT2D eigenvalue weighted by molar-refractivity contribution is -0.137. The van der Waals surface area contributed by atoms with Gasteiger partial charge in [0.1, 0.15) is 11.8 Å². The predicted octanol–water partition coefficient (Wildman–Crippen LogP) is 4.20. The Morgan fingerprint density at radius 3 is 2.57 bits per heavy atom. The minimum absolute atomic E-state index is 0.00164. The second-order valence-corrected chi connectivity index (χ2v) is 4.44. The Morgan fingerprint density at radius 1 is 1.29 bits per heavy atom. The van der Waals surface area contributed by atoms with Crippen LogP contribution in [0.1, 0.15) is 23.8 Å². The molecule has 0 bridgehead atoms. The van der Waals surface area contributed by atoms with Crippen molar-refractivity contribution in [1.29, 1.82) is 5.26 Å². The van der Waals surface area contributed by atoms with E-state index in [-0.39, 0.29) is 5.56 Å². The summed E-state index contributed by atoms with van der Waals surface area (Å²) in [4.78, 5) is 1.79. The molecule has 21 heavy (non-hydrogen) atoms. The molecule has 0 radical (unpaired) electrons. The van der Waals surface area contributed by atoms with Crippen LogP contribution in [0.2, 0.25) is 0 Å². The zero-order chi connectivity index (χ0) is 15.5. The van der Waals surface area contributed by atoms with Crippen molar-refractivity contribution in [2.24, 2.45) is 0 Å². The van der Waals surface area contributed by atoms with Crippen molar-refractivity contribution in [2.75, 3.05) is 11.4 Å². The molecule has 1 aromatic carbocycles. The van der Waals surface area contributed by atoms with E-state index in [9.17, 15) is 13.2 Å². The maximum Gasteiger partial charge on any atom is 0.416 e. The van der Waals surface area contributed by atoms with Gasteiger partial charge in [-0.05, 0) is 37.3 Å². The monoisotopic (exact) mass is 294 g/mol. The van der Waals surface area contributed by atoms with Crippen LogP contribution in [-0.4, -0.2) is 6.54 Å². The number of alkyl halides is 3. The van der Waals surface area contributed by atoms with Crippen LogP contribution in [0.5, 0.6) is 0 Å². The highest BCUT2D eigenvalue weighted by Crippen LogP contribution is 2.33. The van der Waals surface area contributed by atoms with Gasteiger partial charge in [-0.1, -0.05) is 0 Å². The van der Waals surface area contributed by atoms with Gasteiger partial charge in [-0.25, -0.2) is 0 Å². The topological polar surface area (TPSA) is 40.2 Å². The quantitative estimate of drug-likeness (QED) is 0.848. The van der Waals surface area contributed by atoms with Crippen LogP contribution in [0.25, 0.3) is 0 Å². The standard InChI is InChI=1S/C15H13F3N2O/c1-2-20(10-13-4-3-7-21-13)14-6-5-12(15(16,17)18)8-11(14)9-19/h3-8H,2,10H2,1H3. The highest BCUT2D eigenvalue weighted by molar-refractivity contribution is 5.60. The first-order valence-corrected chi connectivity index (χ1v) is 6.34. The largest absolute Gasteiger partial charge is 0.467 e. The van der Waals surface area contributed by atoms with Crippen molar-refractivity contribution in [3.63, 3.8) is 0 Å². The molecule has 2 aromatic rings. The van der Waals surface area contributed by atoms with E-state index in [0.717, 1.165) is 12.1 Å². The Labute approximate surface area is 120 Å². The van der Waals surface area contributed by atoms with E-state index >= 15 is 0 Å². The molecule has 1 heterocycles. The molecular weight excluding hydrogens is 281 g/mol. The first kappa shape index (κ1) is 15.0. The molecule has 0 aliphatic heterocycles. The van der Waals surface area contributed by atoms with E-state index in [0.29, 0.717) is 24.5 Å². The SMILES string of the molecule is CCN(Cc1ccco1)c1ccc(C(F)(F)F)cc1C#N. The van der Waals surface area contributed by atoms with Gasteiger partial charge >= 0.3 is 6.18 Å². The van der Waals surface area contributed by atoms with Crippen LogP contribution in [0, 0.1) is 11.3 Å². The molecule has 3 nitrogen and oxygen atoms in total. The Balaban J connectivity index is 2.35. The fourth-order valence-electron chi connectivity index (χ4n) is 2.04.